The molecule has 2 aromatic carbocycles. The number of hydrogen-bond acceptors (Lipinski definition) is 6. The Morgan fingerprint density at radius 3 is 1.33 bits per heavy atom. The molecule has 158 valence electrons. The number of carbonyl (C=O) groups is 2. The second kappa shape index (κ2) is 7.54. The van der Waals surface area contributed by atoms with Crippen molar-refractivity contribution in [3.8, 4) is 23.0 Å². The standard InChI is InChI=1S/C20H22N4O6/c1-27-13-7-5-11(9-15(13)29-3)17-21-19(25)24-18(22-20(26)23(17)24)12-6-8-14(28-2)16(10-12)30-4/h5-10,17-18H,1-4H3,(H,21,25)(H,22,26). The minimum Gasteiger partial charge on any atom is -0.493 e. The number of hydrogen-bond donors (Lipinski definition) is 2. The molecule has 0 saturated carbocycles. The highest BCUT2D eigenvalue weighted by Gasteiger charge is 2.51. The van der Waals surface area contributed by atoms with Crippen molar-refractivity contribution in [1.29, 1.82) is 0 Å². The largest absolute Gasteiger partial charge is 0.493 e. The van der Waals surface area contributed by atoms with Gasteiger partial charge in [0, 0.05) is 11.1 Å². The van der Waals surface area contributed by atoms with Crippen LogP contribution < -0.4 is 29.6 Å². The number of amides is 4. The number of benzene rings is 2. The molecule has 0 radical (unpaired) electrons. The highest BCUT2D eigenvalue weighted by atomic mass is 16.5. The summed E-state index contributed by atoms with van der Waals surface area (Å²) in [6.07, 6.45) is -1.38. The van der Waals surface area contributed by atoms with Gasteiger partial charge in [-0.2, -0.15) is 0 Å². The molecule has 4 rings (SSSR count). The summed E-state index contributed by atoms with van der Waals surface area (Å²) in [5, 5.41) is 8.39. The molecule has 2 atom stereocenters. The van der Waals surface area contributed by atoms with Gasteiger partial charge in [-0.25, -0.2) is 19.6 Å². The third-order valence-electron chi connectivity index (χ3n) is 5.10. The van der Waals surface area contributed by atoms with E-state index in [1.54, 1.807) is 36.4 Å². The third kappa shape index (κ3) is 2.97. The van der Waals surface area contributed by atoms with Gasteiger partial charge in [0.25, 0.3) is 0 Å². The van der Waals surface area contributed by atoms with Gasteiger partial charge < -0.3 is 29.6 Å². The minimum absolute atomic E-state index is 0.409. The van der Waals surface area contributed by atoms with E-state index >= 15 is 0 Å². The topological polar surface area (TPSA) is 102 Å². The number of fused-ring (bicyclic) bond motifs is 1. The number of nitrogens with one attached hydrogen (secondary N) is 2. The highest BCUT2D eigenvalue weighted by molar-refractivity contribution is 5.88. The van der Waals surface area contributed by atoms with Gasteiger partial charge >= 0.3 is 12.1 Å². The van der Waals surface area contributed by atoms with Gasteiger partial charge in [0.05, 0.1) is 28.4 Å². The number of ether oxygens (including phenoxy) is 4. The summed E-state index contributed by atoms with van der Waals surface area (Å²) >= 11 is 0. The molecule has 10 heteroatoms. The molecule has 2 aliphatic rings. The van der Waals surface area contributed by atoms with E-state index in [0.29, 0.717) is 34.1 Å². The van der Waals surface area contributed by atoms with E-state index in [4.69, 9.17) is 18.9 Å². The van der Waals surface area contributed by atoms with Crippen LogP contribution in [0.3, 0.4) is 0 Å². The average Bonchev–Trinajstić information content (AvgIpc) is 3.30. The smallest absolute Gasteiger partial charge is 0.340 e. The van der Waals surface area contributed by atoms with Crippen molar-refractivity contribution in [3.05, 3.63) is 47.5 Å². The van der Waals surface area contributed by atoms with Crippen LogP contribution in [0.5, 0.6) is 23.0 Å². The van der Waals surface area contributed by atoms with E-state index in [2.05, 4.69) is 10.6 Å². The number of methoxy groups -OCH3 is 4. The minimum atomic E-state index is -0.692. The summed E-state index contributed by atoms with van der Waals surface area (Å²) in [6.45, 7) is 0. The Bertz CT molecular complexity index is 918. The van der Waals surface area contributed by atoms with E-state index in [1.807, 2.05) is 0 Å². The fourth-order valence-corrected chi connectivity index (χ4v) is 3.66. The summed E-state index contributed by atoms with van der Waals surface area (Å²) in [5.41, 5.74) is 1.35. The van der Waals surface area contributed by atoms with E-state index in [0.717, 1.165) is 0 Å². The Morgan fingerprint density at radius 1 is 0.633 bits per heavy atom. The van der Waals surface area contributed by atoms with Crippen molar-refractivity contribution in [1.82, 2.24) is 20.7 Å². The van der Waals surface area contributed by atoms with Gasteiger partial charge in [0.2, 0.25) is 0 Å². The SMILES string of the molecule is COc1ccc(C2NC(=O)N3C(c4ccc(OC)c(OC)c4)NC(=O)N23)cc1OC. The van der Waals surface area contributed by atoms with Crippen LogP contribution >= 0.6 is 0 Å². The summed E-state index contributed by atoms with van der Waals surface area (Å²) in [7, 11) is 6.13. The molecule has 2 aliphatic heterocycles. The first-order valence-corrected chi connectivity index (χ1v) is 9.15. The van der Waals surface area contributed by atoms with E-state index in [9.17, 15) is 9.59 Å². The summed E-state index contributed by atoms with van der Waals surface area (Å²) in [4.78, 5) is 25.6. The molecule has 4 amide bonds. The zero-order chi connectivity index (χ0) is 21.4. The van der Waals surface area contributed by atoms with E-state index in [-0.39, 0.29) is 0 Å². The van der Waals surface area contributed by atoms with Crippen LogP contribution in [0.1, 0.15) is 23.5 Å². The normalized spacial score (nSPS) is 19.9. The van der Waals surface area contributed by atoms with Crippen LogP contribution in [0.25, 0.3) is 0 Å². The van der Waals surface area contributed by atoms with Crippen LogP contribution in [0.15, 0.2) is 36.4 Å². The third-order valence-corrected chi connectivity index (χ3v) is 5.10. The number of urea groups is 2. The fraction of sp³-hybridized carbons (Fsp3) is 0.300. The summed E-state index contributed by atoms with van der Waals surface area (Å²) in [5.74, 6) is 2.10. The highest BCUT2D eigenvalue weighted by Crippen LogP contribution is 2.40. The van der Waals surface area contributed by atoms with Crippen LogP contribution in [-0.4, -0.2) is 50.5 Å². The van der Waals surface area contributed by atoms with Gasteiger partial charge in [-0.3, -0.25) is 0 Å². The van der Waals surface area contributed by atoms with Crippen LogP contribution in [-0.2, 0) is 0 Å². The lowest BCUT2D eigenvalue weighted by Gasteiger charge is -2.25. The molecule has 2 saturated heterocycles. The Labute approximate surface area is 173 Å². The van der Waals surface area contributed by atoms with Crippen LogP contribution in [0.2, 0.25) is 0 Å². The predicted molar refractivity (Wildman–Crippen MR) is 105 cm³/mol. The molecule has 0 bridgehead atoms. The Hall–Kier alpha value is -3.82. The lowest BCUT2D eigenvalue weighted by molar-refractivity contribution is 0.0670. The van der Waals surface area contributed by atoms with Gasteiger partial charge in [0.1, 0.15) is 0 Å². The van der Waals surface area contributed by atoms with Crippen molar-refractivity contribution >= 4 is 12.1 Å². The first-order valence-electron chi connectivity index (χ1n) is 9.15. The average molecular weight is 414 g/mol. The predicted octanol–water partition coefficient (Wildman–Crippen LogP) is 2.38. The van der Waals surface area contributed by atoms with Gasteiger partial charge in [-0.05, 0) is 24.3 Å². The number of carbonyl (C=O) groups excluding carboxylic acids is 2. The van der Waals surface area contributed by atoms with Gasteiger partial charge in [-0.15, -0.1) is 0 Å². The fourth-order valence-electron chi connectivity index (χ4n) is 3.66. The quantitative estimate of drug-likeness (QED) is 0.753. The number of nitrogens with zero attached hydrogens (tertiary/aromatic N) is 2. The molecule has 2 N–H and O–H groups in total. The number of rotatable bonds is 6. The molecule has 2 aromatic rings. The molecule has 0 spiro atoms. The van der Waals surface area contributed by atoms with Gasteiger partial charge in [0.15, 0.2) is 35.3 Å². The zero-order valence-electron chi connectivity index (χ0n) is 17.0. The lowest BCUT2D eigenvalue weighted by atomic mass is 10.1. The lowest BCUT2D eigenvalue weighted by Crippen LogP contribution is -2.36. The maximum Gasteiger partial charge on any atom is 0.340 e. The second-order valence-electron chi connectivity index (χ2n) is 6.62. The summed E-state index contributed by atoms with van der Waals surface area (Å²) < 4.78 is 21.2. The first-order chi connectivity index (χ1) is 14.5. The van der Waals surface area contributed by atoms with Crippen molar-refractivity contribution in [2.24, 2.45) is 0 Å². The Kier molecular flexibility index (Phi) is 4.90. The summed E-state index contributed by atoms with van der Waals surface area (Å²) in [6, 6.07) is 9.63. The molecule has 30 heavy (non-hydrogen) atoms. The molecule has 2 fully saturated rings. The van der Waals surface area contributed by atoms with Crippen molar-refractivity contribution < 1.29 is 28.5 Å². The van der Waals surface area contributed by atoms with Crippen molar-refractivity contribution in [2.45, 2.75) is 12.3 Å². The monoisotopic (exact) mass is 414 g/mol. The maximum atomic E-state index is 12.8. The molecular formula is C20H22N4O6. The second-order valence-corrected chi connectivity index (χ2v) is 6.62. The molecular weight excluding hydrogens is 392 g/mol. The Balaban J connectivity index is 1.68. The molecule has 2 heterocycles. The molecule has 0 aliphatic carbocycles. The van der Waals surface area contributed by atoms with Crippen LogP contribution in [0, 0.1) is 0 Å². The van der Waals surface area contributed by atoms with Crippen molar-refractivity contribution in [3.63, 3.8) is 0 Å². The zero-order valence-corrected chi connectivity index (χ0v) is 17.0. The van der Waals surface area contributed by atoms with Gasteiger partial charge in [-0.1, -0.05) is 12.1 Å². The Morgan fingerprint density at radius 2 is 1.00 bits per heavy atom. The molecule has 0 aromatic heterocycles. The maximum absolute atomic E-state index is 12.8. The van der Waals surface area contributed by atoms with Crippen molar-refractivity contribution in [2.75, 3.05) is 28.4 Å². The van der Waals surface area contributed by atoms with E-state index < -0.39 is 24.4 Å². The van der Waals surface area contributed by atoms with E-state index in [1.165, 1.54) is 38.5 Å². The number of hydrazine groups is 1. The first kappa shape index (κ1) is 19.5. The molecule has 10 nitrogen and oxygen atoms in total. The molecule has 2 unspecified atom stereocenters. The van der Waals surface area contributed by atoms with Crippen LogP contribution in [0.4, 0.5) is 9.59 Å².